The number of aromatic nitrogens is 1. The third kappa shape index (κ3) is 1.54. The number of halogens is 1. The molecule has 14 heavy (non-hydrogen) atoms. The molecule has 0 unspecified atom stereocenters. The van der Waals surface area contributed by atoms with Gasteiger partial charge in [0.15, 0.2) is 0 Å². The summed E-state index contributed by atoms with van der Waals surface area (Å²) in [6.45, 7) is 0. The molecule has 5 heteroatoms. The Hall–Kier alpha value is -1.26. The molecule has 0 amide bonds. The Labute approximate surface area is 90.3 Å². The number of pyridine rings is 1. The first kappa shape index (κ1) is 9.30. The Morgan fingerprint density at radius 1 is 1.21 bits per heavy atom. The molecule has 2 heterocycles. The number of nitrogens with two attached hydrogens (primary N) is 2. The van der Waals surface area contributed by atoms with Crippen LogP contribution in [-0.2, 0) is 0 Å². The summed E-state index contributed by atoms with van der Waals surface area (Å²) in [4.78, 5) is 4.90. The number of hydrogen-bond donors (Lipinski definition) is 2. The molecule has 0 aliphatic rings. The van der Waals surface area contributed by atoms with Crippen molar-refractivity contribution in [1.29, 1.82) is 0 Å². The minimum atomic E-state index is 0.354. The fourth-order valence-electron chi connectivity index (χ4n) is 1.16. The van der Waals surface area contributed by atoms with Crippen LogP contribution in [0.2, 0.25) is 4.34 Å². The molecule has 0 aromatic carbocycles. The first-order chi connectivity index (χ1) is 6.68. The summed E-state index contributed by atoms with van der Waals surface area (Å²) in [7, 11) is 0. The molecule has 72 valence electrons. The summed E-state index contributed by atoms with van der Waals surface area (Å²) in [6, 6.07) is 5.57. The highest BCUT2D eigenvalue weighted by molar-refractivity contribution is 7.19. The van der Waals surface area contributed by atoms with Crippen molar-refractivity contribution in [2.45, 2.75) is 0 Å². The zero-order chi connectivity index (χ0) is 10.1. The van der Waals surface area contributed by atoms with Crippen molar-refractivity contribution in [3.05, 3.63) is 28.7 Å². The summed E-state index contributed by atoms with van der Waals surface area (Å²) >= 11 is 7.30. The van der Waals surface area contributed by atoms with E-state index in [-0.39, 0.29) is 0 Å². The highest BCUT2D eigenvalue weighted by Gasteiger charge is 2.07. The first-order valence-electron chi connectivity index (χ1n) is 3.94. The largest absolute Gasteiger partial charge is 0.395 e. The van der Waals surface area contributed by atoms with E-state index in [9.17, 15) is 0 Å². The lowest BCUT2D eigenvalue weighted by Crippen LogP contribution is -1.98. The third-order valence-corrected chi connectivity index (χ3v) is 3.12. The normalized spacial score (nSPS) is 10.4. The average molecular weight is 226 g/mol. The summed E-state index contributed by atoms with van der Waals surface area (Å²) in [5.41, 5.74) is 12.8. The number of nitrogens with zero attached hydrogens (tertiary/aromatic N) is 1. The number of rotatable bonds is 1. The molecule has 0 aliphatic heterocycles. The van der Waals surface area contributed by atoms with E-state index < -0.39 is 0 Å². The van der Waals surface area contributed by atoms with E-state index in [4.69, 9.17) is 23.1 Å². The van der Waals surface area contributed by atoms with Crippen molar-refractivity contribution in [3.8, 4) is 10.4 Å². The molecule has 0 aliphatic carbocycles. The third-order valence-electron chi connectivity index (χ3n) is 1.86. The first-order valence-corrected chi connectivity index (χ1v) is 5.13. The maximum Gasteiger partial charge on any atom is 0.147 e. The van der Waals surface area contributed by atoms with Crippen LogP contribution in [-0.4, -0.2) is 4.98 Å². The number of nitrogen functional groups attached to an aromatic ring is 2. The quantitative estimate of drug-likeness (QED) is 0.784. The van der Waals surface area contributed by atoms with Crippen LogP contribution >= 0.6 is 22.9 Å². The molecule has 2 aromatic heterocycles. The van der Waals surface area contributed by atoms with Gasteiger partial charge in [-0.3, -0.25) is 0 Å². The second-order valence-corrected chi connectivity index (χ2v) is 4.48. The SMILES string of the molecule is Nc1nccc(-c2ccc(Cl)s2)c1N. The molecule has 0 spiro atoms. The van der Waals surface area contributed by atoms with Crippen LogP contribution in [0.15, 0.2) is 24.4 Å². The molecule has 2 rings (SSSR count). The van der Waals surface area contributed by atoms with Crippen LogP contribution in [0.4, 0.5) is 11.5 Å². The van der Waals surface area contributed by atoms with Crippen molar-refractivity contribution in [1.82, 2.24) is 4.98 Å². The van der Waals surface area contributed by atoms with Crippen molar-refractivity contribution >= 4 is 34.4 Å². The predicted molar refractivity (Wildman–Crippen MR) is 61.4 cm³/mol. The molecule has 0 radical (unpaired) electrons. The van der Waals surface area contributed by atoms with Crippen LogP contribution in [0.25, 0.3) is 10.4 Å². The molecule has 0 saturated heterocycles. The number of thiophene rings is 1. The Morgan fingerprint density at radius 3 is 2.64 bits per heavy atom. The summed E-state index contributed by atoms with van der Waals surface area (Å²) in [5, 5.41) is 0. The van der Waals surface area contributed by atoms with Crippen molar-refractivity contribution in [2.24, 2.45) is 0 Å². The second-order valence-electron chi connectivity index (χ2n) is 2.76. The summed E-state index contributed by atoms with van der Waals surface area (Å²) < 4.78 is 0.731. The van der Waals surface area contributed by atoms with Crippen LogP contribution in [0.5, 0.6) is 0 Å². The molecule has 0 fully saturated rings. The van der Waals surface area contributed by atoms with E-state index >= 15 is 0 Å². The van der Waals surface area contributed by atoms with Crippen molar-refractivity contribution in [3.63, 3.8) is 0 Å². The van der Waals surface area contributed by atoms with Gasteiger partial charge in [0.1, 0.15) is 5.82 Å². The van der Waals surface area contributed by atoms with Gasteiger partial charge in [0.2, 0.25) is 0 Å². The summed E-state index contributed by atoms with van der Waals surface area (Å²) in [5.74, 6) is 0.354. The highest BCUT2D eigenvalue weighted by Crippen LogP contribution is 2.35. The van der Waals surface area contributed by atoms with Gasteiger partial charge in [-0.1, -0.05) is 11.6 Å². The lowest BCUT2D eigenvalue weighted by atomic mass is 10.2. The van der Waals surface area contributed by atoms with Gasteiger partial charge >= 0.3 is 0 Å². The van der Waals surface area contributed by atoms with Gasteiger partial charge in [-0.25, -0.2) is 4.98 Å². The van der Waals surface area contributed by atoms with E-state index in [0.717, 1.165) is 14.8 Å². The maximum absolute atomic E-state index is 5.83. The minimum absolute atomic E-state index is 0.354. The Balaban J connectivity index is 2.57. The molecule has 0 saturated carbocycles. The maximum atomic E-state index is 5.83. The summed E-state index contributed by atoms with van der Waals surface area (Å²) in [6.07, 6.45) is 1.63. The topological polar surface area (TPSA) is 64.9 Å². The van der Waals surface area contributed by atoms with Gasteiger partial charge in [-0.05, 0) is 18.2 Å². The molecular weight excluding hydrogens is 218 g/mol. The predicted octanol–water partition coefficient (Wildman–Crippen LogP) is 2.63. The lowest BCUT2D eigenvalue weighted by Gasteiger charge is -2.04. The van der Waals surface area contributed by atoms with E-state index in [2.05, 4.69) is 4.98 Å². The van der Waals surface area contributed by atoms with Crippen LogP contribution in [0, 0.1) is 0 Å². The van der Waals surface area contributed by atoms with Crippen LogP contribution in [0.1, 0.15) is 0 Å². The lowest BCUT2D eigenvalue weighted by molar-refractivity contribution is 1.34. The second kappa shape index (κ2) is 3.48. The minimum Gasteiger partial charge on any atom is -0.395 e. The zero-order valence-corrected chi connectivity index (χ0v) is 8.77. The van der Waals surface area contributed by atoms with Gasteiger partial charge in [0.25, 0.3) is 0 Å². The average Bonchev–Trinajstić information content (AvgIpc) is 2.57. The molecule has 2 aromatic rings. The number of hydrogen-bond acceptors (Lipinski definition) is 4. The van der Waals surface area contributed by atoms with Crippen LogP contribution in [0.3, 0.4) is 0 Å². The highest BCUT2D eigenvalue weighted by atomic mass is 35.5. The standard InChI is InChI=1S/C9H8ClN3S/c10-7-2-1-6(14-7)5-3-4-13-9(12)8(5)11/h1-4H,11H2,(H2,12,13). The van der Waals surface area contributed by atoms with E-state index in [1.807, 2.05) is 18.2 Å². The van der Waals surface area contributed by atoms with Crippen molar-refractivity contribution in [2.75, 3.05) is 11.5 Å². The molecule has 0 bridgehead atoms. The molecular formula is C9H8ClN3S. The number of anilines is 2. The van der Waals surface area contributed by atoms with E-state index in [0.29, 0.717) is 11.5 Å². The van der Waals surface area contributed by atoms with Crippen LogP contribution < -0.4 is 11.5 Å². The van der Waals surface area contributed by atoms with Gasteiger partial charge in [-0.2, -0.15) is 0 Å². The van der Waals surface area contributed by atoms with Gasteiger partial charge in [0, 0.05) is 16.6 Å². The van der Waals surface area contributed by atoms with Gasteiger partial charge in [-0.15, -0.1) is 11.3 Å². The van der Waals surface area contributed by atoms with Gasteiger partial charge < -0.3 is 11.5 Å². The van der Waals surface area contributed by atoms with Crippen molar-refractivity contribution < 1.29 is 0 Å². The fraction of sp³-hybridized carbons (Fsp3) is 0. The fourth-order valence-corrected chi connectivity index (χ4v) is 2.25. The van der Waals surface area contributed by atoms with E-state index in [1.54, 1.807) is 6.20 Å². The monoisotopic (exact) mass is 225 g/mol. The van der Waals surface area contributed by atoms with E-state index in [1.165, 1.54) is 11.3 Å². The molecule has 3 nitrogen and oxygen atoms in total. The smallest absolute Gasteiger partial charge is 0.147 e. The molecule has 0 atom stereocenters. The van der Waals surface area contributed by atoms with Gasteiger partial charge in [0.05, 0.1) is 10.0 Å². The Kier molecular flexibility index (Phi) is 2.31. The Bertz CT molecular complexity index is 467. The Morgan fingerprint density at radius 2 is 2.00 bits per heavy atom. The molecule has 4 N–H and O–H groups in total. The zero-order valence-electron chi connectivity index (χ0n) is 7.20.